The molecule has 0 N–H and O–H groups in total. The van der Waals surface area contributed by atoms with Gasteiger partial charge in [-0.25, -0.2) is 0 Å². The molecule has 0 heterocycles. The number of ether oxygens (including phenoxy) is 1. The Balaban J connectivity index is 2.47. The van der Waals surface area contributed by atoms with Gasteiger partial charge in [0.2, 0.25) is 0 Å². The summed E-state index contributed by atoms with van der Waals surface area (Å²) in [6.45, 7) is 3.89. The van der Waals surface area contributed by atoms with Crippen LogP contribution in [0.3, 0.4) is 0 Å². The van der Waals surface area contributed by atoms with E-state index in [1.54, 1.807) is 0 Å². The standard InChI is InChI=1S/C13H14O3/c1-7-4-5-9-6-10(13(15)16-3)12(14)11(9)8(7)2/h4-5,10H,6H2,1-3H3. The smallest absolute Gasteiger partial charge is 0.316 e. The lowest BCUT2D eigenvalue weighted by Gasteiger charge is -2.06. The van der Waals surface area contributed by atoms with Crippen molar-refractivity contribution in [2.45, 2.75) is 20.3 Å². The van der Waals surface area contributed by atoms with E-state index in [0.717, 1.165) is 22.3 Å². The van der Waals surface area contributed by atoms with Crippen molar-refractivity contribution >= 4 is 11.8 Å². The van der Waals surface area contributed by atoms with Crippen molar-refractivity contribution in [2.24, 2.45) is 5.92 Å². The third-order valence-electron chi connectivity index (χ3n) is 3.29. The number of methoxy groups -OCH3 is 1. The van der Waals surface area contributed by atoms with Crippen LogP contribution in [0.1, 0.15) is 27.0 Å². The van der Waals surface area contributed by atoms with Crippen LogP contribution in [0.25, 0.3) is 0 Å². The number of carbonyl (C=O) groups excluding carboxylic acids is 2. The number of aryl methyl sites for hydroxylation is 1. The normalized spacial score (nSPS) is 18.4. The van der Waals surface area contributed by atoms with Gasteiger partial charge >= 0.3 is 5.97 Å². The summed E-state index contributed by atoms with van der Waals surface area (Å²) in [6, 6.07) is 3.92. The van der Waals surface area contributed by atoms with Crippen LogP contribution in [-0.2, 0) is 16.0 Å². The van der Waals surface area contributed by atoms with E-state index in [2.05, 4.69) is 4.74 Å². The second-order valence-corrected chi connectivity index (χ2v) is 4.19. The second-order valence-electron chi connectivity index (χ2n) is 4.19. The molecule has 0 aromatic heterocycles. The van der Waals surface area contributed by atoms with E-state index in [4.69, 9.17) is 0 Å². The first kappa shape index (κ1) is 10.9. The van der Waals surface area contributed by atoms with E-state index >= 15 is 0 Å². The Morgan fingerprint density at radius 2 is 2.06 bits per heavy atom. The maximum atomic E-state index is 12.1. The molecular weight excluding hydrogens is 204 g/mol. The predicted molar refractivity (Wildman–Crippen MR) is 59.5 cm³/mol. The average Bonchev–Trinajstić information content (AvgIpc) is 2.61. The van der Waals surface area contributed by atoms with Crippen LogP contribution in [0.5, 0.6) is 0 Å². The zero-order chi connectivity index (χ0) is 11.9. The molecule has 0 aliphatic heterocycles. The van der Waals surface area contributed by atoms with Gasteiger partial charge in [-0.3, -0.25) is 9.59 Å². The third-order valence-corrected chi connectivity index (χ3v) is 3.29. The van der Waals surface area contributed by atoms with Crippen molar-refractivity contribution < 1.29 is 14.3 Å². The molecule has 0 saturated carbocycles. The molecule has 3 heteroatoms. The van der Waals surface area contributed by atoms with Gasteiger partial charge < -0.3 is 4.74 Å². The molecule has 0 fully saturated rings. The summed E-state index contributed by atoms with van der Waals surface area (Å²) in [6.07, 6.45) is 0.474. The summed E-state index contributed by atoms with van der Waals surface area (Å²) in [5.41, 5.74) is 3.74. The first-order valence-corrected chi connectivity index (χ1v) is 5.27. The Bertz CT molecular complexity index is 474. The van der Waals surface area contributed by atoms with Crippen molar-refractivity contribution in [3.63, 3.8) is 0 Å². The topological polar surface area (TPSA) is 43.4 Å². The van der Waals surface area contributed by atoms with Gasteiger partial charge in [-0.1, -0.05) is 12.1 Å². The number of carbonyl (C=O) groups is 2. The van der Waals surface area contributed by atoms with Crippen LogP contribution in [0.15, 0.2) is 12.1 Å². The fraction of sp³-hybridized carbons (Fsp3) is 0.385. The van der Waals surface area contributed by atoms with Gasteiger partial charge in [0, 0.05) is 5.56 Å². The number of hydrogen-bond donors (Lipinski definition) is 0. The summed E-state index contributed by atoms with van der Waals surface area (Å²) in [7, 11) is 1.32. The number of benzene rings is 1. The van der Waals surface area contributed by atoms with Crippen LogP contribution in [-0.4, -0.2) is 18.9 Å². The van der Waals surface area contributed by atoms with E-state index in [1.165, 1.54) is 7.11 Å². The monoisotopic (exact) mass is 218 g/mol. The first-order chi connectivity index (χ1) is 7.56. The SMILES string of the molecule is COC(=O)C1Cc2ccc(C)c(C)c2C1=O. The van der Waals surface area contributed by atoms with Crippen LogP contribution >= 0.6 is 0 Å². The Hall–Kier alpha value is -1.64. The number of hydrogen-bond acceptors (Lipinski definition) is 3. The number of rotatable bonds is 1. The fourth-order valence-corrected chi connectivity index (χ4v) is 2.20. The third kappa shape index (κ3) is 1.43. The Morgan fingerprint density at radius 3 is 2.69 bits per heavy atom. The highest BCUT2D eigenvalue weighted by molar-refractivity contribution is 6.13. The molecule has 0 amide bonds. The molecule has 84 valence electrons. The molecule has 0 spiro atoms. The molecule has 0 saturated heterocycles. The molecular formula is C13H14O3. The summed E-state index contributed by atoms with van der Waals surface area (Å²) in [4.78, 5) is 23.5. The molecule has 0 radical (unpaired) electrons. The molecule has 1 aliphatic rings. The number of esters is 1. The van der Waals surface area contributed by atoms with Crippen LogP contribution in [0, 0.1) is 19.8 Å². The average molecular weight is 218 g/mol. The van der Waals surface area contributed by atoms with E-state index < -0.39 is 11.9 Å². The molecule has 1 aliphatic carbocycles. The highest BCUT2D eigenvalue weighted by atomic mass is 16.5. The van der Waals surface area contributed by atoms with Crippen LogP contribution < -0.4 is 0 Å². The van der Waals surface area contributed by atoms with Gasteiger partial charge in [0.25, 0.3) is 0 Å². The fourth-order valence-electron chi connectivity index (χ4n) is 2.20. The first-order valence-electron chi connectivity index (χ1n) is 5.27. The zero-order valence-corrected chi connectivity index (χ0v) is 9.66. The minimum Gasteiger partial charge on any atom is -0.468 e. The highest BCUT2D eigenvalue weighted by Crippen LogP contribution is 2.31. The van der Waals surface area contributed by atoms with Crippen molar-refractivity contribution in [2.75, 3.05) is 7.11 Å². The molecule has 1 atom stereocenters. The number of Topliss-reactive ketones (excluding diaryl/α,β-unsaturated/α-hetero) is 1. The maximum Gasteiger partial charge on any atom is 0.316 e. The van der Waals surface area contributed by atoms with Crippen LogP contribution in [0.2, 0.25) is 0 Å². The van der Waals surface area contributed by atoms with Gasteiger partial charge in [-0.2, -0.15) is 0 Å². The van der Waals surface area contributed by atoms with E-state index in [0.29, 0.717) is 6.42 Å². The Kier molecular flexibility index (Phi) is 2.54. The van der Waals surface area contributed by atoms with Gasteiger partial charge in [0.1, 0.15) is 5.92 Å². The molecule has 3 nitrogen and oxygen atoms in total. The number of ketones is 1. The lowest BCUT2D eigenvalue weighted by molar-refractivity contribution is -0.143. The maximum absolute atomic E-state index is 12.1. The molecule has 0 bridgehead atoms. The lowest BCUT2D eigenvalue weighted by Crippen LogP contribution is -2.22. The van der Waals surface area contributed by atoms with Crippen molar-refractivity contribution in [1.29, 1.82) is 0 Å². The quantitative estimate of drug-likeness (QED) is 0.533. The van der Waals surface area contributed by atoms with Gasteiger partial charge in [-0.05, 0) is 37.0 Å². The zero-order valence-electron chi connectivity index (χ0n) is 9.66. The van der Waals surface area contributed by atoms with Gasteiger partial charge in [-0.15, -0.1) is 0 Å². The van der Waals surface area contributed by atoms with Crippen molar-refractivity contribution in [3.05, 3.63) is 34.4 Å². The predicted octanol–water partition coefficient (Wildman–Crippen LogP) is 1.83. The lowest BCUT2D eigenvalue weighted by atomic mass is 9.99. The van der Waals surface area contributed by atoms with E-state index in [9.17, 15) is 9.59 Å². The molecule has 16 heavy (non-hydrogen) atoms. The van der Waals surface area contributed by atoms with Crippen molar-refractivity contribution in [3.8, 4) is 0 Å². The minimum absolute atomic E-state index is 0.0944. The second kappa shape index (κ2) is 3.74. The summed E-state index contributed by atoms with van der Waals surface area (Å²) < 4.78 is 4.65. The van der Waals surface area contributed by atoms with Crippen LogP contribution in [0.4, 0.5) is 0 Å². The molecule has 1 aromatic rings. The van der Waals surface area contributed by atoms with E-state index in [1.807, 2.05) is 26.0 Å². The largest absolute Gasteiger partial charge is 0.468 e. The van der Waals surface area contributed by atoms with Gasteiger partial charge in [0.15, 0.2) is 5.78 Å². The molecule has 2 rings (SSSR count). The highest BCUT2D eigenvalue weighted by Gasteiger charge is 2.37. The minimum atomic E-state index is -0.638. The summed E-state index contributed by atoms with van der Waals surface area (Å²) in [5, 5.41) is 0. The van der Waals surface area contributed by atoms with Gasteiger partial charge in [0.05, 0.1) is 7.11 Å². The molecule has 1 aromatic carbocycles. The Labute approximate surface area is 94.4 Å². The Morgan fingerprint density at radius 1 is 1.38 bits per heavy atom. The van der Waals surface area contributed by atoms with Crippen molar-refractivity contribution in [1.82, 2.24) is 0 Å². The molecule has 1 unspecified atom stereocenters. The van der Waals surface area contributed by atoms with E-state index in [-0.39, 0.29) is 5.78 Å². The summed E-state index contributed by atoms with van der Waals surface area (Å²) in [5.74, 6) is -1.16. The number of fused-ring (bicyclic) bond motifs is 1. The summed E-state index contributed by atoms with van der Waals surface area (Å²) >= 11 is 0.